The maximum atomic E-state index is 13.4. The first-order chi connectivity index (χ1) is 15.0. The number of sulfonamides is 1. The second-order valence-corrected chi connectivity index (χ2v) is 10.1. The predicted molar refractivity (Wildman–Crippen MR) is 129 cm³/mol. The van der Waals surface area contributed by atoms with Crippen molar-refractivity contribution in [3.8, 4) is 0 Å². The van der Waals surface area contributed by atoms with E-state index in [1.165, 1.54) is 30.1 Å². The molecule has 174 valence electrons. The number of carbonyl (C=O) groups excluding carboxylic acids is 2. The monoisotopic (exact) mass is 499 g/mol. The van der Waals surface area contributed by atoms with Gasteiger partial charge in [0.15, 0.2) is 0 Å². The Balaban J connectivity index is 2.45. The SMILES string of the molecule is CC[C@H](C(=O)NC)N(Cc1cccc(C)c1)C(=O)CN(c1ccc(Cl)c(Cl)c1)S(C)(=O)=O. The zero-order chi connectivity index (χ0) is 24.1. The molecule has 0 saturated carbocycles. The topological polar surface area (TPSA) is 86.8 Å². The molecule has 0 unspecified atom stereocenters. The van der Waals surface area contributed by atoms with Crippen LogP contribution in [-0.4, -0.2) is 51.0 Å². The molecule has 0 aliphatic heterocycles. The minimum atomic E-state index is -3.83. The van der Waals surface area contributed by atoms with Crippen LogP contribution in [0.4, 0.5) is 5.69 Å². The first-order valence-corrected chi connectivity index (χ1v) is 12.6. The largest absolute Gasteiger partial charge is 0.357 e. The van der Waals surface area contributed by atoms with Crippen LogP contribution in [0.25, 0.3) is 0 Å². The summed E-state index contributed by atoms with van der Waals surface area (Å²) in [6.45, 7) is 3.40. The third-order valence-corrected chi connectivity index (χ3v) is 6.82. The molecular weight excluding hydrogens is 473 g/mol. The lowest BCUT2D eigenvalue weighted by Crippen LogP contribution is -2.51. The first-order valence-electron chi connectivity index (χ1n) is 9.97. The number of anilines is 1. The number of rotatable bonds is 9. The van der Waals surface area contributed by atoms with Crippen molar-refractivity contribution in [2.75, 3.05) is 24.2 Å². The van der Waals surface area contributed by atoms with Gasteiger partial charge in [-0.3, -0.25) is 13.9 Å². The molecule has 1 atom stereocenters. The van der Waals surface area contributed by atoms with Gasteiger partial charge in [0, 0.05) is 13.6 Å². The number of benzene rings is 2. The number of likely N-dealkylation sites (N-methyl/N-ethyl adjacent to an activating group) is 1. The van der Waals surface area contributed by atoms with E-state index in [1.807, 2.05) is 31.2 Å². The number of nitrogens with zero attached hydrogens (tertiary/aromatic N) is 2. The molecule has 2 aromatic rings. The van der Waals surface area contributed by atoms with Gasteiger partial charge in [-0.25, -0.2) is 8.42 Å². The summed E-state index contributed by atoms with van der Waals surface area (Å²) in [5, 5.41) is 3.01. The Bertz CT molecular complexity index is 1090. The van der Waals surface area contributed by atoms with Crippen LogP contribution >= 0.6 is 23.2 Å². The Morgan fingerprint density at radius 3 is 2.31 bits per heavy atom. The summed E-state index contributed by atoms with van der Waals surface area (Å²) in [5.74, 6) is -0.840. The predicted octanol–water partition coefficient (Wildman–Crippen LogP) is 3.62. The summed E-state index contributed by atoms with van der Waals surface area (Å²) < 4.78 is 26.0. The molecule has 0 aliphatic rings. The van der Waals surface area contributed by atoms with E-state index in [2.05, 4.69) is 5.32 Å². The Hall–Kier alpha value is -2.29. The molecule has 0 aromatic heterocycles. The number of amides is 2. The van der Waals surface area contributed by atoms with Gasteiger partial charge >= 0.3 is 0 Å². The molecule has 0 fully saturated rings. The van der Waals surface area contributed by atoms with E-state index in [0.717, 1.165) is 21.7 Å². The Labute approximate surface area is 199 Å². The maximum Gasteiger partial charge on any atom is 0.244 e. The lowest BCUT2D eigenvalue weighted by molar-refractivity contribution is -0.140. The highest BCUT2D eigenvalue weighted by atomic mass is 35.5. The van der Waals surface area contributed by atoms with Crippen molar-refractivity contribution >= 4 is 50.7 Å². The fourth-order valence-corrected chi connectivity index (χ4v) is 4.48. The van der Waals surface area contributed by atoms with E-state index in [9.17, 15) is 18.0 Å². The van der Waals surface area contributed by atoms with Crippen LogP contribution in [0.2, 0.25) is 10.0 Å². The lowest BCUT2D eigenvalue weighted by Gasteiger charge is -2.32. The molecule has 2 rings (SSSR count). The van der Waals surface area contributed by atoms with Gasteiger partial charge in [0.05, 0.1) is 22.0 Å². The molecule has 2 amide bonds. The van der Waals surface area contributed by atoms with Crippen molar-refractivity contribution in [3.05, 3.63) is 63.6 Å². The van der Waals surface area contributed by atoms with Crippen molar-refractivity contribution < 1.29 is 18.0 Å². The maximum absolute atomic E-state index is 13.4. The number of nitrogens with one attached hydrogen (secondary N) is 1. The third kappa shape index (κ3) is 6.60. The molecule has 10 heteroatoms. The van der Waals surface area contributed by atoms with Gasteiger partial charge < -0.3 is 10.2 Å². The minimum Gasteiger partial charge on any atom is -0.357 e. The summed E-state index contributed by atoms with van der Waals surface area (Å²) in [7, 11) is -2.33. The smallest absolute Gasteiger partial charge is 0.244 e. The van der Waals surface area contributed by atoms with E-state index in [-0.39, 0.29) is 28.2 Å². The van der Waals surface area contributed by atoms with E-state index < -0.39 is 28.5 Å². The number of aryl methyl sites for hydroxylation is 1. The van der Waals surface area contributed by atoms with Crippen LogP contribution in [0.3, 0.4) is 0 Å². The van der Waals surface area contributed by atoms with Crippen molar-refractivity contribution in [2.24, 2.45) is 0 Å². The highest BCUT2D eigenvalue weighted by molar-refractivity contribution is 7.92. The van der Waals surface area contributed by atoms with E-state index in [0.29, 0.717) is 6.42 Å². The van der Waals surface area contributed by atoms with Crippen LogP contribution < -0.4 is 9.62 Å². The van der Waals surface area contributed by atoms with Gasteiger partial charge in [-0.05, 0) is 37.1 Å². The molecule has 0 heterocycles. The summed E-state index contributed by atoms with van der Waals surface area (Å²) in [4.78, 5) is 27.3. The van der Waals surface area contributed by atoms with Gasteiger partial charge in [-0.1, -0.05) is 60.0 Å². The fourth-order valence-electron chi connectivity index (χ4n) is 3.35. The van der Waals surface area contributed by atoms with Crippen LogP contribution in [0, 0.1) is 6.92 Å². The average Bonchev–Trinajstić information content (AvgIpc) is 2.72. The standard InChI is InChI=1S/C22H27Cl2N3O4S/c1-5-20(22(29)25-3)26(13-16-8-6-7-15(2)11-16)21(28)14-27(32(4,30)31)17-9-10-18(23)19(24)12-17/h6-12,20H,5,13-14H2,1-4H3,(H,25,29)/t20-/m1/s1. The molecule has 0 bridgehead atoms. The molecule has 1 N–H and O–H groups in total. The zero-order valence-corrected chi connectivity index (χ0v) is 20.8. The van der Waals surface area contributed by atoms with Crippen LogP contribution in [0.15, 0.2) is 42.5 Å². The molecule has 0 saturated heterocycles. The molecule has 7 nitrogen and oxygen atoms in total. The van der Waals surface area contributed by atoms with Gasteiger partial charge in [-0.2, -0.15) is 0 Å². The summed E-state index contributed by atoms with van der Waals surface area (Å²) in [5.41, 5.74) is 2.05. The quantitative estimate of drug-likeness (QED) is 0.570. The second-order valence-electron chi connectivity index (χ2n) is 7.42. The van der Waals surface area contributed by atoms with Gasteiger partial charge in [0.1, 0.15) is 12.6 Å². The zero-order valence-electron chi connectivity index (χ0n) is 18.4. The molecule has 0 aliphatic carbocycles. The van der Waals surface area contributed by atoms with Crippen molar-refractivity contribution in [2.45, 2.75) is 32.9 Å². The number of hydrogen-bond acceptors (Lipinski definition) is 4. The first kappa shape index (κ1) is 26.0. The number of carbonyl (C=O) groups is 2. The normalized spacial score (nSPS) is 12.2. The summed E-state index contributed by atoms with van der Waals surface area (Å²) >= 11 is 12.0. The highest BCUT2D eigenvalue weighted by Gasteiger charge is 2.31. The fraction of sp³-hybridized carbons (Fsp3) is 0.364. The van der Waals surface area contributed by atoms with Crippen molar-refractivity contribution in [1.82, 2.24) is 10.2 Å². The van der Waals surface area contributed by atoms with E-state index in [1.54, 1.807) is 6.92 Å². The van der Waals surface area contributed by atoms with Gasteiger partial charge in [0.25, 0.3) is 0 Å². The molecular formula is C22H27Cl2N3O4S. The molecule has 0 spiro atoms. The minimum absolute atomic E-state index is 0.158. The highest BCUT2D eigenvalue weighted by Crippen LogP contribution is 2.28. The van der Waals surface area contributed by atoms with Crippen LogP contribution in [0.5, 0.6) is 0 Å². The Morgan fingerprint density at radius 2 is 1.78 bits per heavy atom. The summed E-state index contributed by atoms with van der Waals surface area (Å²) in [6, 6.07) is 11.1. The van der Waals surface area contributed by atoms with Crippen LogP contribution in [-0.2, 0) is 26.2 Å². The average molecular weight is 500 g/mol. The van der Waals surface area contributed by atoms with Crippen molar-refractivity contribution in [1.29, 1.82) is 0 Å². The third-order valence-electron chi connectivity index (χ3n) is 4.94. The number of hydrogen-bond donors (Lipinski definition) is 1. The molecule has 0 radical (unpaired) electrons. The number of halogens is 2. The Kier molecular flexibility index (Phi) is 8.95. The Morgan fingerprint density at radius 1 is 1.09 bits per heavy atom. The van der Waals surface area contributed by atoms with Gasteiger partial charge in [0.2, 0.25) is 21.8 Å². The lowest BCUT2D eigenvalue weighted by atomic mass is 10.1. The molecule has 32 heavy (non-hydrogen) atoms. The van der Waals surface area contributed by atoms with Crippen LogP contribution in [0.1, 0.15) is 24.5 Å². The summed E-state index contributed by atoms with van der Waals surface area (Å²) in [6.07, 6.45) is 1.37. The van der Waals surface area contributed by atoms with Gasteiger partial charge in [-0.15, -0.1) is 0 Å². The second kappa shape index (κ2) is 11.0. The molecule has 2 aromatic carbocycles. The van der Waals surface area contributed by atoms with E-state index in [4.69, 9.17) is 23.2 Å². The van der Waals surface area contributed by atoms with E-state index >= 15 is 0 Å². The van der Waals surface area contributed by atoms with Crippen molar-refractivity contribution in [3.63, 3.8) is 0 Å².